The van der Waals surface area contributed by atoms with Crippen LogP contribution in [0.2, 0.25) is 0 Å². The summed E-state index contributed by atoms with van der Waals surface area (Å²) >= 11 is 0. The Kier molecular flexibility index (Phi) is 6.44. The van der Waals surface area contributed by atoms with Crippen LogP contribution in [0.4, 0.5) is 5.69 Å². The molecule has 0 saturated heterocycles. The van der Waals surface area contributed by atoms with E-state index in [-0.39, 0.29) is 11.7 Å². The molecule has 0 saturated carbocycles. The van der Waals surface area contributed by atoms with Gasteiger partial charge in [-0.1, -0.05) is 20.3 Å². The highest BCUT2D eigenvalue weighted by Gasteiger charge is 2.19. The Morgan fingerprint density at radius 2 is 2.08 bits per heavy atom. The lowest BCUT2D eigenvalue weighted by Crippen LogP contribution is -2.21. The maximum atomic E-state index is 12.7. The first-order valence-corrected chi connectivity index (χ1v) is 8.93. The zero-order chi connectivity index (χ0) is 19.3. The second kappa shape index (κ2) is 8.56. The van der Waals surface area contributed by atoms with E-state index in [1.807, 2.05) is 20.8 Å². The van der Waals surface area contributed by atoms with E-state index in [0.717, 1.165) is 12.8 Å². The van der Waals surface area contributed by atoms with Crippen LogP contribution in [0.5, 0.6) is 11.5 Å². The van der Waals surface area contributed by atoms with Crippen molar-refractivity contribution in [2.75, 3.05) is 5.32 Å². The molecule has 1 heterocycles. The van der Waals surface area contributed by atoms with Gasteiger partial charge in [-0.25, -0.2) is 0 Å². The SMILES string of the molecule is CC=C(CC)Oc1c(O)c(=O)n(CCCC)c2cc(NC(C)=O)ccc12. The lowest BCUT2D eigenvalue weighted by molar-refractivity contribution is -0.114. The number of nitrogens with zero attached hydrogens (tertiary/aromatic N) is 1. The molecular weight excluding hydrogens is 332 g/mol. The number of unbranched alkanes of at least 4 members (excludes halogenated alkanes) is 1. The molecule has 0 spiro atoms. The number of amides is 1. The highest BCUT2D eigenvalue weighted by Crippen LogP contribution is 2.35. The van der Waals surface area contributed by atoms with Crippen LogP contribution in [-0.2, 0) is 11.3 Å². The van der Waals surface area contributed by atoms with E-state index in [9.17, 15) is 14.7 Å². The van der Waals surface area contributed by atoms with Gasteiger partial charge in [0, 0.05) is 31.0 Å². The molecule has 0 aliphatic heterocycles. The van der Waals surface area contributed by atoms with E-state index in [1.165, 1.54) is 11.5 Å². The number of hydrogen-bond acceptors (Lipinski definition) is 4. The molecule has 0 aliphatic rings. The van der Waals surface area contributed by atoms with Crippen LogP contribution >= 0.6 is 0 Å². The average Bonchev–Trinajstić information content (AvgIpc) is 2.62. The van der Waals surface area contributed by atoms with Crippen molar-refractivity contribution in [1.82, 2.24) is 4.57 Å². The topological polar surface area (TPSA) is 80.6 Å². The van der Waals surface area contributed by atoms with Gasteiger partial charge in [0.2, 0.25) is 11.7 Å². The highest BCUT2D eigenvalue weighted by molar-refractivity contribution is 5.94. The number of ether oxygens (including phenoxy) is 1. The second-order valence-corrected chi connectivity index (χ2v) is 6.11. The smallest absolute Gasteiger partial charge is 0.297 e. The van der Waals surface area contributed by atoms with Crippen molar-refractivity contribution in [3.63, 3.8) is 0 Å². The molecule has 2 rings (SSSR count). The van der Waals surface area contributed by atoms with Crippen molar-refractivity contribution in [3.8, 4) is 11.5 Å². The van der Waals surface area contributed by atoms with Gasteiger partial charge in [0.1, 0.15) is 0 Å². The van der Waals surface area contributed by atoms with Gasteiger partial charge in [-0.2, -0.15) is 0 Å². The van der Waals surface area contributed by atoms with Gasteiger partial charge < -0.3 is 19.7 Å². The first-order chi connectivity index (χ1) is 12.4. The van der Waals surface area contributed by atoms with Crippen LogP contribution in [0.25, 0.3) is 10.9 Å². The molecule has 0 bridgehead atoms. The number of allylic oxidation sites excluding steroid dienone is 2. The molecule has 6 heteroatoms. The van der Waals surface area contributed by atoms with Gasteiger partial charge >= 0.3 is 0 Å². The fourth-order valence-electron chi connectivity index (χ4n) is 2.80. The molecule has 2 N–H and O–H groups in total. The molecule has 1 aromatic heterocycles. The van der Waals surface area contributed by atoms with Crippen molar-refractivity contribution in [2.24, 2.45) is 0 Å². The zero-order valence-electron chi connectivity index (χ0n) is 15.8. The minimum atomic E-state index is -0.493. The summed E-state index contributed by atoms with van der Waals surface area (Å²) in [6, 6.07) is 5.22. The number of benzene rings is 1. The third kappa shape index (κ3) is 4.07. The number of aryl methyl sites for hydroxylation is 1. The molecule has 0 fully saturated rings. The van der Waals surface area contributed by atoms with Crippen molar-refractivity contribution in [1.29, 1.82) is 0 Å². The van der Waals surface area contributed by atoms with Gasteiger partial charge in [-0.3, -0.25) is 9.59 Å². The van der Waals surface area contributed by atoms with Crippen molar-refractivity contribution in [3.05, 3.63) is 40.4 Å². The first-order valence-electron chi connectivity index (χ1n) is 8.93. The molecular formula is C20H26N2O4. The standard InChI is InChI=1S/C20H26N2O4/c1-5-8-11-22-17-12-14(21-13(4)23)9-10-16(17)19(18(24)20(22)25)26-15(6-2)7-3/h6,9-10,12,24H,5,7-8,11H2,1-4H3,(H,21,23). The van der Waals surface area contributed by atoms with Gasteiger partial charge in [0.15, 0.2) is 5.75 Å². The summed E-state index contributed by atoms with van der Waals surface area (Å²) in [5, 5.41) is 13.8. The van der Waals surface area contributed by atoms with E-state index in [2.05, 4.69) is 5.32 Å². The number of rotatable bonds is 7. The summed E-state index contributed by atoms with van der Waals surface area (Å²) in [7, 11) is 0. The minimum absolute atomic E-state index is 0.155. The first kappa shape index (κ1) is 19.6. The van der Waals surface area contributed by atoms with Crippen LogP contribution in [0.1, 0.15) is 47.0 Å². The predicted molar refractivity (Wildman–Crippen MR) is 104 cm³/mol. The highest BCUT2D eigenvalue weighted by atomic mass is 16.5. The third-order valence-electron chi connectivity index (χ3n) is 4.16. The number of hydrogen-bond donors (Lipinski definition) is 2. The normalized spacial score (nSPS) is 11.6. The van der Waals surface area contributed by atoms with Crippen molar-refractivity contribution < 1.29 is 14.6 Å². The van der Waals surface area contributed by atoms with Gasteiger partial charge in [-0.15, -0.1) is 0 Å². The predicted octanol–water partition coefficient (Wildman–Crippen LogP) is 4.16. The summed E-state index contributed by atoms with van der Waals surface area (Å²) in [6.07, 6.45) is 4.16. The molecule has 26 heavy (non-hydrogen) atoms. The molecule has 0 atom stereocenters. The number of carbonyl (C=O) groups is 1. The monoisotopic (exact) mass is 358 g/mol. The van der Waals surface area contributed by atoms with E-state index in [4.69, 9.17) is 4.74 Å². The van der Waals surface area contributed by atoms with E-state index in [1.54, 1.807) is 24.3 Å². The Morgan fingerprint density at radius 3 is 2.65 bits per heavy atom. The van der Waals surface area contributed by atoms with Crippen molar-refractivity contribution in [2.45, 2.75) is 53.5 Å². The molecule has 1 aromatic carbocycles. The van der Waals surface area contributed by atoms with Crippen LogP contribution in [0.3, 0.4) is 0 Å². The molecule has 0 radical (unpaired) electrons. The summed E-state index contributed by atoms with van der Waals surface area (Å²) in [4.78, 5) is 24.1. The molecule has 140 valence electrons. The van der Waals surface area contributed by atoms with Crippen LogP contribution < -0.4 is 15.6 Å². The number of anilines is 1. The van der Waals surface area contributed by atoms with Crippen LogP contribution in [-0.4, -0.2) is 15.6 Å². The maximum absolute atomic E-state index is 12.7. The minimum Gasteiger partial charge on any atom is -0.500 e. The Balaban J connectivity index is 2.74. The van der Waals surface area contributed by atoms with Crippen LogP contribution in [0.15, 0.2) is 34.8 Å². The number of pyridine rings is 1. The Morgan fingerprint density at radius 1 is 1.35 bits per heavy atom. The molecule has 0 unspecified atom stereocenters. The lowest BCUT2D eigenvalue weighted by Gasteiger charge is -2.17. The van der Waals surface area contributed by atoms with Crippen molar-refractivity contribution >= 4 is 22.5 Å². The third-order valence-corrected chi connectivity index (χ3v) is 4.16. The fraction of sp³-hybridized carbons (Fsp3) is 0.400. The van der Waals surface area contributed by atoms with E-state index in [0.29, 0.717) is 35.3 Å². The Labute approximate surface area is 153 Å². The van der Waals surface area contributed by atoms with E-state index < -0.39 is 11.3 Å². The Bertz CT molecular complexity index is 897. The number of nitrogens with one attached hydrogen (secondary N) is 1. The fourth-order valence-corrected chi connectivity index (χ4v) is 2.80. The largest absolute Gasteiger partial charge is 0.500 e. The number of aromatic hydroxyl groups is 1. The maximum Gasteiger partial charge on any atom is 0.297 e. The number of carbonyl (C=O) groups excluding carboxylic acids is 1. The molecule has 0 aliphatic carbocycles. The number of aromatic nitrogens is 1. The zero-order valence-corrected chi connectivity index (χ0v) is 15.8. The Hall–Kier alpha value is -2.76. The number of fused-ring (bicyclic) bond motifs is 1. The average molecular weight is 358 g/mol. The second-order valence-electron chi connectivity index (χ2n) is 6.11. The molecule has 1 amide bonds. The summed E-state index contributed by atoms with van der Waals surface area (Å²) in [6.45, 7) is 7.72. The lowest BCUT2D eigenvalue weighted by atomic mass is 10.1. The van der Waals surface area contributed by atoms with E-state index >= 15 is 0 Å². The quantitative estimate of drug-likeness (QED) is 0.728. The summed E-state index contributed by atoms with van der Waals surface area (Å²) < 4.78 is 7.36. The molecule has 2 aromatic rings. The van der Waals surface area contributed by atoms with Gasteiger partial charge in [0.25, 0.3) is 5.56 Å². The van der Waals surface area contributed by atoms with Gasteiger partial charge in [-0.05, 0) is 37.6 Å². The summed E-state index contributed by atoms with van der Waals surface area (Å²) in [5.74, 6) is 0.234. The van der Waals surface area contributed by atoms with Crippen LogP contribution in [0, 0.1) is 0 Å². The molecule has 6 nitrogen and oxygen atoms in total. The summed E-state index contributed by atoms with van der Waals surface area (Å²) in [5.41, 5.74) is 0.717. The van der Waals surface area contributed by atoms with Gasteiger partial charge in [0.05, 0.1) is 11.3 Å².